The number of nitrogens with one attached hydrogen (secondary N) is 1. The van der Waals surface area contributed by atoms with E-state index < -0.39 is 10.0 Å². The van der Waals surface area contributed by atoms with Crippen molar-refractivity contribution in [3.05, 3.63) is 17.0 Å². The first-order valence-electron chi connectivity index (χ1n) is 6.64. The summed E-state index contributed by atoms with van der Waals surface area (Å²) in [4.78, 5) is 0.429. The zero-order chi connectivity index (χ0) is 13.7. The van der Waals surface area contributed by atoms with Gasteiger partial charge in [-0.25, -0.2) is 13.1 Å². The Morgan fingerprint density at radius 2 is 1.79 bits per heavy atom. The standard InChI is InChI=1S/C13H18N2O2S2/c14-10-12-8-9-13(18-12)19(16,17)15-11-6-4-2-1-3-5-7-11/h8-9,11,15H,1-7H2. The number of rotatable bonds is 3. The lowest BCUT2D eigenvalue weighted by molar-refractivity contribution is 0.427. The first-order chi connectivity index (χ1) is 9.12. The predicted molar refractivity (Wildman–Crippen MR) is 75.5 cm³/mol. The van der Waals surface area contributed by atoms with Crippen LogP contribution in [0.2, 0.25) is 0 Å². The molecule has 1 aromatic rings. The number of nitriles is 1. The van der Waals surface area contributed by atoms with Gasteiger partial charge in [0.15, 0.2) is 0 Å². The van der Waals surface area contributed by atoms with Crippen LogP contribution >= 0.6 is 11.3 Å². The van der Waals surface area contributed by atoms with Crippen molar-refractivity contribution in [2.75, 3.05) is 0 Å². The highest BCUT2D eigenvalue weighted by Crippen LogP contribution is 2.23. The first kappa shape index (κ1) is 14.5. The Labute approximate surface area is 118 Å². The van der Waals surface area contributed by atoms with E-state index in [0.29, 0.717) is 4.88 Å². The number of nitrogens with zero attached hydrogens (tertiary/aromatic N) is 1. The summed E-state index contributed by atoms with van der Waals surface area (Å²) in [6.07, 6.45) is 7.63. The number of sulfonamides is 1. The molecule has 0 radical (unpaired) electrons. The van der Waals surface area contributed by atoms with E-state index in [1.807, 2.05) is 6.07 Å². The van der Waals surface area contributed by atoms with Gasteiger partial charge >= 0.3 is 0 Å². The summed E-state index contributed by atoms with van der Waals surface area (Å²) in [6.45, 7) is 0. The molecule has 0 atom stereocenters. The van der Waals surface area contributed by atoms with E-state index in [0.717, 1.165) is 37.0 Å². The molecule has 1 aliphatic rings. The van der Waals surface area contributed by atoms with Crippen LogP contribution in [0.4, 0.5) is 0 Å². The summed E-state index contributed by atoms with van der Waals surface area (Å²) in [5.74, 6) is 0. The summed E-state index contributed by atoms with van der Waals surface area (Å²) in [5, 5.41) is 8.75. The van der Waals surface area contributed by atoms with Crippen LogP contribution in [-0.4, -0.2) is 14.5 Å². The monoisotopic (exact) mass is 298 g/mol. The molecule has 0 amide bonds. The summed E-state index contributed by atoms with van der Waals surface area (Å²) in [5.41, 5.74) is 0. The Hall–Kier alpha value is -0.900. The molecule has 1 aromatic heterocycles. The molecule has 1 fully saturated rings. The lowest BCUT2D eigenvalue weighted by Gasteiger charge is -2.20. The normalized spacial score (nSPS) is 18.5. The fraction of sp³-hybridized carbons (Fsp3) is 0.615. The van der Waals surface area contributed by atoms with Crippen LogP contribution in [0.3, 0.4) is 0 Å². The minimum atomic E-state index is -3.46. The molecule has 2 rings (SSSR count). The molecule has 0 saturated heterocycles. The van der Waals surface area contributed by atoms with E-state index in [9.17, 15) is 8.42 Å². The smallest absolute Gasteiger partial charge is 0.207 e. The Balaban J connectivity index is 2.05. The molecular weight excluding hydrogens is 280 g/mol. The minimum absolute atomic E-state index is 0.0398. The van der Waals surface area contributed by atoms with Crippen LogP contribution < -0.4 is 4.72 Å². The van der Waals surface area contributed by atoms with Crippen molar-refractivity contribution < 1.29 is 8.42 Å². The lowest BCUT2D eigenvalue weighted by Crippen LogP contribution is -2.34. The van der Waals surface area contributed by atoms with Crippen molar-refractivity contribution in [1.29, 1.82) is 5.26 Å². The third-order valence-electron chi connectivity index (χ3n) is 3.38. The van der Waals surface area contributed by atoms with E-state index in [2.05, 4.69) is 4.72 Å². The molecule has 0 aromatic carbocycles. The second kappa shape index (κ2) is 6.51. The first-order valence-corrected chi connectivity index (χ1v) is 8.94. The topological polar surface area (TPSA) is 70.0 Å². The van der Waals surface area contributed by atoms with Crippen LogP contribution in [-0.2, 0) is 10.0 Å². The second-order valence-electron chi connectivity index (χ2n) is 4.89. The van der Waals surface area contributed by atoms with E-state index in [1.165, 1.54) is 25.3 Å². The number of hydrogen-bond donors (Lipinski definition) is 1. The van der Waals surface area contributed by atoms with Gasteiger partial charge in [-0.05, 0) is 25.0 Å². The fourth-order valence-corrected chi connectivity index (χ4v) is 4.80. The molecule has 1 aliphatic carbocycles. The van der Waals surface area contributed by atoms with Gasteiger partial charge in [-0.15, -0.1) is 11.3 Å². The zero-order valence-corrected chi connectivity index (χ0v) is 12.4. The van der Waals surface area contributed by atoms with Gasteiger partial charge in [0.05, 0.1) is 0 Å². The highest BCUT2D eigenvalue weighted by molar-refractivity contribution is 7.91. The predicted octanol–water partition coefficient (Wildman–Crippen LogP) is 3.01. The molecule has 19 heavy (non-hydrogen) atoms. The van der Waals surface area contributed by atoms with E-state index in [-0.39, 0.29) is 10.3 Å². The van der Waals surface area contributed by atoms with Crippen LogP contribution in [0.1, 0.15) is 49.8 Å². The Kier molecular flexibility index (Phi) is 4.97. The van der Waals surface area contributed by atoms with Gasteiger partial charge in [0, 0.05) is 6.04 Å². The molecule has 0 bridgehead atoms. The molecule has 1 heterocycles. The maximum Gasteiger partial charge on any atom is 0.250 e. The molecule has 0 spiro atoms. The van der Waals surface area contributed by atoms with E-state index in [1.54, 1.807) is 6.07 Å². The largest absolute Gasteiger partial charge is 0.250 e. The lowest BCUT2D eigenvalue weighted by atomic mass is 9.97. The molecule has 4 nitrogen and oxygen atoms in total. The molecule has 1 saturated carbocycles. The van der Waals surface area contributed by atoms with Gasteiger partial charge in [-0.2, -0.15) is 5.26 Å². The average molecular weight is 298 g/mol. The summed E-state index contributed by atoms with van der Waals surface area (Å²) in [7, 11) is -3.46. The highest BCUT2D eigenvalue weighted by Gasteiger charge is 2.22. The van der Waals surface area contributed by atoms with Gasteiger partial charge in [-0.1, -0.05) is 32.1 Å². The third-order valence-corrected chi connectivity index (χ3v) is 6.39. The van der Waals surface area contributed by atoms with E-state index in [4.69, 9.17) is 5.26 Å². The Morgan fingerprint density at radius 1 is 1.16 bits per heavy atom. The van der Waals surface area contributed by atoms with Crippen LogP contribution in [0.5, 0.6) is 0 Å². The summed E-state index contributed by atoms with van der Waals surface area (Å²) in [6, 6.07) is 5.07. The average Bonchev–Trinajstić information content (AvgIpc) is 2.82. The Morgan fingerprint density at radius 3 is 2.37 bits per heavy atom. The minimum Gasteiger partial charge on any atom is -0.207 e. The van der Waals surface area contributed by atoms with Crippen molar-refractivity contribution in [2.45, 2.75) is 55.2 Å². The van der Waals surface area contributed by atoms with Crippen molar-refractivity contribution in [3.8, 4) is 6.07 Å². The second-order valence-corrected chi connectivity index (χ2v) is 7.92. The number of hydrogen-bond acceptors (Lipinski definition) is 4. The molecular formula is C13H18N2O2S2. The number of thiophene rings is 1. The van der Waals surface area contributed by atoms with Crippen LogP contribution in [0, 0.1) is 11.3 Å². The van der Waals surface area contributed by atoms with Crippen molar-refractivity contribution >= 4 is 21.4 Å². The quantitative estimate of drug-likeness (QED) is 0.932. The van der Waals surface area contributed by atoms with Gasteiger partial charge in [0.1, 0.15) is 15.2 Å². The summed E-state index contributed by atoms with van der Waals surface area (Å²) >= 11 is 1.03. The van der Waals surface area contributed by atoms with Gasteiger partial charge in [-0.3, -0.25) is 0 Å². The van der Waals surface area contributed by atoms with Crippen LogP contribution in [0.15, 0.2) is 16.3 Å². The maximum absolute atomic E-state index is 12.2. The zero-order valence-electron chi connectivity index (χ0n) is 10.8. The SMILES string of the molecule is N#Cc1ccc(S(=O)(=O)NC2CCCCCCC2)s1. The maximum atomic E-state index is 12.2. The van der Waals surface area contributed by atoms with Gasteiger partial charge < -0.3 is 0 Å². The Bertz CT molecular complexity index is 549. The van der Waals surface area contributed by atoms with Gasteiger partial charge in [0.25, 0.3) is 0 Å². The van der Waals surface area contributed by atoms with Gasteiger partial charge in [0.2, 0.25) is 10.0 Å². The van der Waals surface area contributed by atoms with Crippen LogP contribution in [0.25, 0.3) is 0 Å². The van der Waals surface area contributed by atoms with Crippen molar-refractivity contribution in [2.24, 2.45) is 0 Å². The third kappa shape index (κ3) is 4.03. The highest BCUT2D eigenvalue weighted by atomic mass is 32.2. The molecule has 0 unspecified atom stereocenters. The molecule has 1 N–H and O–H groups in total. The van der Waals surface area contributed by atoms with Crippen molar-refractivity contribution in [3.63, 3.8) is 0 Å². The van der Waals surface area contributed by atoms with Crippen molar-refractivity contribution in [1.82, 2.24) is 4.72 Å². The summed E-state index contributed by atoms with van der Waals surface area (Å²) < 4.78 is 27.5. The molecule has 104 valence electrons. The fourth-order valence-electron chi connectivity index (χ4n) is 2.38. The molecule has 6 heteroatoms. The van der Waals surface area contributed by atoms with E-state index >= 15 is 0 Å². The molecule has 0 aliphatic heterocycles.